The van der Waals surface area contributed by atoms with Crippen molar-refractivity contribution >= 4 is 11.6 Å². The van der Waals surface area contributed by atoms with Crippen molar-refractivity contribution in [1.82, 2.24) is 19.8 Å². The molecule has 38 heavy (non-hydrogen) atoms. The molecule has 0 amide bonds. The van der Waals surface area contributed by atoms with E-state index in [1.54, 1.807) is 13.3 Å². The summed E-state index contributed by atoms with van der Waals surface area (Å²) in [6.45, 7) is 10.1. The first-order valence-corrected chi connectivity index (χ1v) is 13.3. The van der Waals surface area contributed by atoms with Gasteiger partial charge in [0.2, 0.25) is 5.95 Å². The van der Waals surface area contributed by atoms with E-state index in [0.29, 0.717) is 30.7 Å². The number of hydrogen-bond donors (Lipinski definition) is 1. The average Bonchev–Trinajstić information content (AvgIpc) is 2.93. The normalized spacial score (nSPS) is 15.1. The third kappa shape index (κ3) is 7.46. The molecular weight excluding hydrogens is 478 g/mol. The molecule has 0 fully saturated rings. The molecule has 0 unspecified atom stereocenters. The van der Waals surface area contributed by atoms with Gasteiger partial charge in [-0.25, -0.2) is 9.97 Å². The predicted molar refractivity (Wildman–Crippen MR) is 153 cm³/mol. The molecule has 0 saturated heterocycles. The fourth-order valence-corrected chi connectivity index (χ4v) is 4.37. The molecule has 0 saturated carbocycles. The van der Waals surface area contributed by atoms with E-state index in [9.17, 15) is 0 Å². The molecule has 1 N–H and O–H groups in total. The minimum absolute atomic E-state index is 0.527. The first kappa shape index (κ1) is 27.4. The molecule has 0 spiro atoms. The van der Waals surface area contributed by atoms with Crippen molar-refractivity contribution in [3.63, 3.8) is 0 Å². The van der Waals surface area contributed by atoms with Crippen molar-refractivity contribution in [1.29, 1.82) is 0 Å². The number of aromatic nitrogens is 2. The Morgan fingerprint density at radius 2 is 1.89 bits per heavy atom. The molecule has 4 rings (SSSR count). The van der Waals surface area contributed by atoms with Crippen LogP contribution in [0.2, 0.25) is 0 Å². The van der Waals surface area contributed by atoms with E-state index in [-0.39, 0.29) is 0 Å². The zero-order valence-electron chi connectivity index (χ0n) is 22.9. The van der Waals surface area contributed by atoms with Crippen LogP contribution in [0.25, 0.3) is 11.3 Å². The summed E-state index contributed by atoms with van der Waals surface area (Å²) < 4.78 is 17.8. The van der Waals surface area contributed by atoms with Gasteiger partial charge in [-0.15, -0.1) is 0 Å². The van der Waals surface area contributed by atoms with Gasteiger partial charge >= 0.3 is 0 Å². The lowest BCUT2D eigenvalue weighted by Gasteiger charge is -2.21. The molecule has 3 aromatic rings. The van der Waals surface area contributed by atoms with Crippen molar-refractivity contribution in [3.8, 4) is 28.5 Å². The van der Waals surface area contributed by atoms with Crippen LogP contribution in [0.1, 0.15) is 25.8 Å². The predicted octanol–water partition coefficient (Wildman–Crippen LogP) is 5.39. The van der Waals surface area contributed by atoms with Crippen LogP contribution in [0.4, 0.5) is 11.6 Å². The number of benzene rings is 2. The molecule has 8 heteroatoms. The SMILES string of the molecule is CCN(CC)CCOc1ccc2cc1CN(C)C/C=C/CCOc1cc(ccc1OC)-c1ccnc(n1)N2. The molecule has 202 valence electrons. The lowest BCUT2D eigenvalue weighted by atomic mass is 10.1. The Morgan fingerprint density at radius 3 is 2.71 bits per heavy atom. The summed E-state index contributed by atoms with van der Waals surface area (Å²) in [5.41, 5.74) is 3.76. The maximum atomic E-state index is 6.25. The summed E-state index contributed by atoms with van der Waals surface area (Å²) in [4.78, 5) is 13.9. The smallest absolute Gasteiger partial charge is 0.227 e. The van der Waals surface area contributed by atoms with Gasteiger partial charge < -0.3 is 24.4 Å². The monoisotopic (exact) mass is 517 g/mol. The number of likely N-dealkylation sites (N-methyl/N-ethyl adjacent to an activating group) is 2. The summed E-state index contributed by atoms with van der Waals surface area (Å²) in [7, 11) is 3.76. The van der Waals surface area contributed by atoms with Gasteiger partial charge in [0.1, 0.15) is 12.4 Å². The number of ether oxygens (including phenoxy) is 3. The lowest BCUT2D eigenvalue weighted by Crippen LogP contribution is -2.28. The molecule has 1 aliphatic heterocycles. The van der Waals surface area contributed by atoms with Crippen LogP contribution in [-0.2, 0) is 6.54 Å². The Labute approximate surface area is 226 Å². The number of methoxy groups -OCH3 is 1. The highest BCUT2D eigenvalue weighted by Crippen LogP contribution is 2.33. The van der Waals surface area contributed by atoms with E-state index in [1.807, 2.05) is 36.4 Å². The van der Waals surface area contributed by atoms with Gasteiger partial charge in [0.15, 0.2) is 11.5 Å². The van der Waals surface area contributed by atoms with Crippen LogP contribution in [0.5, 0.6) is 17.2 Å². The molecule has 0 atom stereocenters. The third-order valence-corrected chi connectivity index (χ3v) is 6.56. The van der Waals surface area contributed by atoms with Gasteiger partial charge in [-0.3, -0.25) is 4.90 Å². The second-order valence-electron chi connectivity index (χ2n) is 9.26. The lowest BCUT2D eigenvalue weighted by molar-refractivity contribution is 0.220. The van der Waals surface area contributed by atoms with Crippen molar-refractivity contribution in [3.05, 3.63) is 66.4 Å². The molecule has 8 nitrogen and oxygen atoms in total. The van der Waals surface area contributed by atoms with Crippen LogP contribution in [0.15, 0.2) is 60.8 Å². The van der Waals surface area contributed by atoms with E-state index in [4.69, 9.17) is 19.2 Å². The molecule has 0 radical (unpaired) electrons. The van der Waals surface area contributed by atoms with Crippen molar-refractivity contribution < 1.29 is 14.2 Å². The summed E-state index contributed by atoms with van der Waals surface area (Å²) in [6.07, 6.45) is 6.91. The van der Waals surface area contributed by atoms with Gasteiger partial charge in [-0.1, -0.05) is 26.0 Å². The molecule has 1 aromatic heterocycles. The molecule has 6 bridgehead atoms. The zero-order valence-corrected chi connectivity index (χ0v) is 22.9. The Bertz CT molecular complexity index is 1210. The largest absolute Gasteiger partial charge is 0.493 e. The quantitative estimate of drug-likeness (QED) is 0.419. The standard InChI is InChI=1S/C30H39N5O3/c1-5-35(6-2)17-19-38-27-13-11-25-20-24(27)22-34(3)16-8-7-9-18-37-29-21-23(10-12-28(29)36-4)26-14-15-31-30(32-25)33-26/h7-8,10-15,20-21H,5-6,9,16-19,22H2,1-4H3,(H,31,32,33)/b8-7+. The minimum Gasteiger partial charge on any atom is -0.493 e. The molecular formula is C30H39N5O3. The van der Waals surface area contributed by atoms with Crippen molar-refractivity contribution in [2.45, 2.75) is 26.8 Å². The third-order valence-electron chi connectivity index (χ3n) is 6.56. The van der Waals surface area contributed by atoms with Crippen molar-refractivity contribution in [2.75, 3.05) is 58.9 Å². The highest BCUT2D eigenvalue weighted by atomic mass is 16.5. The number of fused-ring (bicyclic) bond motifs is 7. The van der Waals surface area contributed by atoms with Crippen LogP contribution < -0.4 is 19.5 Å². The van der Waals surface area contributed by atoms with Crippen molar-refractivity contribution in [2.24, 2.45) is 0 Å². The first-order valence-electron chi connectivity index (χ1n) is 13.3. The first-order chi connectivity index (χ1) is 18.6. The van der Waals surface area contributed by atoms with Gasteiger partial charge in [0.25, 0.3) is 0 Å². The van der Waals surface area contributed by atoms with E-state index >= 15 is 0 Å². The molecule has 2 aromatic carbocycles. The maximum Gasteiger partial charge on any atom is 0.227 e. The van der Waals surface area contributed by atoms with Gasteiger partial charge in [0, 0.05) is 42.6 Å². The van der Waals surface area contributed by atoms with E-state index < -0.39 is 0 Å². The number of rotatable bonds is 7. The molecule has 0 aliphatic carbocycles. The molecule has 2 heterocycles. The van der Waals surface area contributed by atoms with Crippen LogP contribution in [-0.4, -0.2) is 73.3 Å². The summed E-state index contributed by atoms with van der Waals surface area (Å²) in [6, 6.07) is 13.9. The highest BCUT2D eigenvalue weighted by Gasteiger charge is 2.12. The Hall–Kier alpha value is -3.62. The van der Waals surface area contributed by atoms with Gasteiger partial charge in [-0.05, 0) is 69.0 Å². The molecule has 1 aliphatic rings. The second-order valence-corrected chi connectivity index (χ2v) is 9.26. The van der Waals surface area contributed by atoms with Crippen LogP contribution in [0.3, 0.4) is 0 Å². The Morgan fingerprint density at radius 1 is 1.05 bits per heavy atom. The summed E-state index contributed by atoms with van der Waals surface area (Å²) in [5.74, 6) is 2.83. The van der Waals surface area contributed by atoms with E-state index in [1.165, 1.54) is 0 Å². The topological polar surface area (TPSA) is 72.0 Å². The highest BCUT2D eigenvalue weighted by molar-refractivity contribution is 5.66. The fourth-order valence-electron chi connectivity index (χ4n) is 4.37. The average molecular weight is 518 g/mol. The number of nitrogens with one attached hydrogen (secondary N) is 1. The summed E-state index contributed by atoms with van der Waals surface area (Å²) >= 11 is 0. The zero-order chi connectivity index (χ0) is 26.7. The maximum absolute atomic E-state index is 6.25. The van der Waals surface area contributed by atoms with Gasteiger partial charge in [-0.2, -0.15) is 0 Å². The number of hydrogen-bond acceptors (Lipinski definition) is 8. The fraction of sp³-hybridized carbons (Fsp3) is 0.400. The van der Waals surface area contributed by atoms with Gasteiger partial charge in [0.05, 0.1) is 19.4 Å². The Balaban J connectivity index is 1.63. The van der Waals surface area contributed by atoms with Crippen LogP contribution >= 0.6 is 0 Å². The van der Waals surface area contributed by atoms with E-state index in [0.717, 1.165) is 67.4 Å². The number of anilines is 2. The summed E-state index contributed by atoms with van der Waals surface area (Å²) in [5, 5.41) is 3.38. The van der Waals surface area contributed by atoms with Crippen LogP contribution in [0, 0.1) is 0 Å². The second kappa shape index (κ2) is 13.8. The number of nitrogens with zero attached hydrogens (tertiary/aromatic N) is 4. The minimum atomic E-state index is 0.527. The van der Waals surface area contributed by atoms with E-state index in [2.05, 4.69) is 59.2 Å². The Kier molecular flexibility index (Phi) is 9.95.